The lowest BCUT2D eigenvalue weighted by Gasteiger charge is -2.38. The Morgan fingerprint density at radius 2 is 1.83 bits per heavy atom. The second-order valence-corrected chi connectivity index (χ2v) is 8.62. The number of piperidine rings is 1. The Kier molecular flexibility index (Phi) is 11.5. The van der Waals surface area contributed by atoms with E-state index in [1.54, 1.807) is 0 Å². The van der Waals surface area contributed by atoms with Crippen LogP contribution in [-0.4, -0.2) is 112 Å². The van der Waals surface area contributed by atoms with Gasteiger partial charge >= 0.3 is 0 Å². The van der Waals surface area contributed by atoms with Crippen molar-refractivity contribution in [1.29, 1.82) is 0 Å². The number of likely N-dealkylation sites (N-methyl/N-ethyl adjacent to an activating group) is 1. The molecule has 3 saturated heterocycles. The van der Waals surface area contributed by atoms with Gasteiger partial charge in [0.2, 0.25) is 0 Å². The largest absolute Gasteiger partial charge is 0.376 e. The third-order valence-electron chi connectivity index (χ3n) is 6.46. The van der Waals surface area contributed by atoms with Crippen LogP contribution in [0.1, 0.15) is 39.0 Å². The number of aliphatic imine (C=N–C) groups is 1. The van der Waals surface area contributed by atoms with E-state index in [-0.39, 0.29) is 24.0 Å². The van der Waals surface area contributed by atoms with Crippen molar-refractivity contribution >= 4 is 29.9 Å². The molecule has 29 heavy (non-hydrogen) atoms. The fraction of sp³-hybridized carbons (Fsp3) is 0.952. The van der Waals surface area contributed by atoms with E-state index in [1.165, 1.54) is 25.9 Å². The molecule has 3 fully saturated rings. The zero-order valence-corrected chi connectivity index (χ0v) is 21.0. The Morgan fingerprint density at radius 3 is 2.45 bits per heavy atom. The van der Waals surface area contributed by atoms with Gasteiger partial charge in [0.05, 0.1) is 18.8 Å². The van der Waals surface area contributed by atoms with Gasteiger partial charge in [-0.2, -0.15) is 0 Å². The maximum atomic E-state index is 6.15. The molecule has 0 aromatic carbocycles. The first kappa shape index (κ1) is 25.1. The topological polar surface area (TPSA) is 52.6 Å². The van der Waals surface area contributed by atoms with Gasteiger partial charge in [0, 0.05) is 65.5 Å². The molecule has 0 amide bonds. The van der Waals surface area contributed by atoms with Gasteiger partial charge < -0.3 is 24.6 Å². The standard InChI is InChI=1S/C21H41N5O2.HI/c1-18(25-13-11-24(3)12-14-25)16-23-21(22-2)26-9-7-19(8-10-26)28-17-20-6-4-5-15-27-20;/h18-20H,4-17H2,1-3H3,(H,22,23);1H. The van der Waals surface area contributed by atoms with Crippen LogP contribution in [0.4, 0.5) is 0 Å². The van der Waals surface area contributed by atoms with E-state index >= 15 is 0 Å². The molecule has 2 unspecified atom stereocenters. The van der Waals surface area contributed by atoms with Crippen molar-refractivity contribution < 1.29 is 9.47 Å². The number of ether oxygens (including phenoxy) is 2. The average Bonchev–Trinajstić information content (AvgIpc) is 2.74. The summed E-state index contributed by atoms with van der Waals surface area (Å²) in [5, 5.41) is 3.61. The van der Waals surface area contributed by atoms with Crippen LogP contribution in [0.25, 0.3) is 0 Å². The molecule has 1 N–H and O–H groups in total. The molecule has 0 saturated carbocycles. The molecule has 0 aromatic heterocycles. The van der Waals surface area contributed by atoms with Crippen LogP contribution in [0.5, 0.6) is 0 Å². The Bertz CT molecular complexity index is 474. The van der Waals surface area contributed by atoms with Crippen molar-refractivity contribution in [3.63, 3.8) is 0 Å². The zero-order valence-electron chi connectivity index (χ0n) is 18.6. The first-order valence-electron chi connectivity index (χ1n) is 11.3. The quantitative estimate of drug-likeness (QED) is 0.326. The number of hydrogen-bond donors (Lipinski definition) is 1. The van der Waals surface area contributed by atoms with E-state index in [9.17, 15) is 0 Å². The number of rotatable bonds is 6. The number of likely N-dealkylation sites (tertiary alicyclic amines) is 1. The molecule has 0 spiro atoms. The molecule has 0 aromatic rings. The van der Waals surface area contributed by atoms with E-state index in [0.29, 0.717) is 18.2 Å². The lowest BCUT2D eigenvalue weighted by atomic mass is 10.1. The fourth-order valence-electron chi connectivity index (χ4n) is 4.38. The summed E-state index contributed by atoms with van der Waals surface area (Å²) in [6.07, 6.45) is 6.46. The highest BCUT2D eigenvalue weighted by atomic mass is 127. The Hall–Kier alpha value is -0.160. The minimum Gasteiger partial charge on any atom is -0.376 e. The van der Waals surface area contributed by atoms with Crippen LogP contribution in [0.2, 0.25) is 0 Å². The van der Waals surface area contributed by atoms with E-state index in [0.717, 1.165) is 71.2 Å². The summed E-state index contributed by atoms with van der Waals surface area (Å²) in [6, 6.07) is 0.529. The third kappa shape index (κ3) is 8.12. The van der Waals surface area contributed by atoms with Crippen LogP contribution in [-0.2, 0) is 9.47 Å². The van der Waals surface area contributed by atoms with Crippen molar-refractivity contribution in [2.24, 2.45) is 4.99 Å². The molecule has 3 aliphatic rings. The zero-order chi connectivity index (χ0) is 19.8. The smallest absolute Gasteiger partial charge is 0.193 e. The van der Waals surface area contributed by atoms with Gasteiger partial charge in [-0.25, -0.2) is 0 Å². The second kappa shape index (κ2) is 13.3. The summed E-state index contributed by atoms with van der Waals surface area (Å²) in [5.74, 6) is 1.04. The number of nitrogens with zero attached hydrogens (tertiary/aromatic N) is 4. The number of hydrogen-bond acceptors (Lipinski definition) is 5. The molecule has 8 heteroatoms. The van der Waals surface area contributed by atoms with Crippen molar-refractivity contribution in [2.75, 3.05) is 73.1 Å². The average molecular weight is 524 g/mol. The normalized spacial score (nSPS) is 26.8. The second-order valence-electron chi connectivity index (χ2n) is 8.62. The summed E-state index contributed by atoms with van der Waals surface area (Å²) in [6.45, 7) is 11.6. The van der Waals surface area contributed by atoms with E-state index in [4.69, 9.17) is 9.47 Å². The van der Waals surface area contributed by atoms with Crippen molar-refractivity contribution in [3.8, 4) is 0 Å². The fourth-order valence-corrected chi connectivity index (χ4v) is 4.38. The number of nitrogens with one attached hydrogen (secondary N) is 1. The molecular weight excluding hydrogens is 481 g/mol. The lowest BCUT2D eigenvalue weighted by Crippen LogP contribution is -2.53. The van der Waals surface area contributed by atoms with Crippen molar-refractivity contribution in [1.82, 2.24) is 20.0 Å². The molecular formula is C21H42IN5O2. The molecule has 2 atom stereocenters. The predicted octanol–water partition coefficient (Wildman–Crippen LogP) is 1.87. The van der Waals surface area contributed by atoms with Gasteiger partial charge in [-0.15, -0.1) is 24.0 Å². The molecule has 3 aliphatic heterocycles. The summed E-state index contributed by atoms with van der Waals surface area (Å²) in [7, 11) is 4.10. The highest BCUT2D eigenvalue weighted by molar-refractivity contribution is 14.0. The first-order valence-corrected chi connectivity index (χ1v) is 11.3. The SMILES string of the molecule is CN=C(NCC(C)N1CCN(C)CC1)N1CCC(OCC2CCCCO2)CC1.I. The van der Waals surface area contributed by atoms with Gasteiger partial charge in [-0.05, 0) is 46.1 Å². The molecule has 3 heterocycles. The van der Waals surface area contributed by atoms with E-state index < -0.39 is 0 Å². The van der Waals surface area contributed by atoms with Gasteiger partial charge in [0.1, 0.15) is 0 Å². The molecule has 170 valence electrons. The maximum Gasteiger partial charge on any atom is 0.193 e. The number of halogens is 1. The third-order valence-corrected chi connectivity index (χ3v) is 6.46. The van der Waals surface area contributed by atoms with Gasteiger partial charge in [-0.3, -0.25) is 9.89 Å². The summed E-state index contributed by atoms with van der Waals surface area (Å²) in [4.78, 5) is 11.9. The van der Waals surface area contributed by atoms with Crippen LogP contribution in [0.3, 0.4) is 0 Å². The minimum absolute atomic E-state index is 0. The first-order chi connectivity index (χ1) is 13.7. The Morgan fingerprint density at radius 1 is 1.10 bits per heavy atom. The summed E-state index contributed by atoms with van der Waals surface area (Å²) >= 11 is 0. The van der Waals surface area contributed by atoms with Crippen LogP contribution < -0.4 is 5.32 Å². The Balaban J connectivity index is 0.00000300. The molecule has 7 nitrogen and oxygen atoms in total. The minimum atomic E-state index is 0. The molecule has 0 bridgehead atoms. The van der Waals surface area contributed by atoms with Crippen molar-refractivity contribution in [2.45, 2.75) is 57.3 Å². The summed E-state index contributed by atoms with van der Waals surface area (Å²) < 4.78 is 11.9. The molecule has 0 aliphatic carbocycles. The monoisotopic (exact) mass is 523 g/mol. The van der Waals surface area contributed by atoms with Crippen LogP contribution >= 0.6 is 24.0 Å². The number of piperazine rings is 1. The molecule has 0 radical (unpaired) electrons. The highest BCUT2D eigenvalue weighted by Gasteiger charge is 2.25. The van der Waals surface area contributed by atoms with E-state index in [1.807, 2.05) is 7.05 Å². The predicted molar refractivity (Wildman–Crippen MR) is 129 cm³/mol. The Labute approximate surface area is 194 Å². The van der Waals surface area contributed by atoms with Gasteiger partial charge in [0.15, 0.2) is 5.96 Å². The van der Waals surface area contributed by atoms with Gasteiger partial charge in [-0.1, -0.05) is 0 Å². The summed E-state index contributed by atoms with van der Waals surface area (Å²) in [5.41, 5.74) is 0. The maximum absolute atomic E-state index is 6.15. The molecule has 3 rings (SSSR count). The van der Waals surface area contributed by atoms with Crippen LogP contribution in [0.15, 0.2) is 4.99 Å². The number of guanidine groups is 1. The highest BCUT2D eigenvalue weighted by Crippen LogP contribution is 2.18. The van der Waals surface area contributed by atoms with Gasteiger partial charge in [0.25, 0.3) is 0 Å². The van der Waals surface area contributed by atoms with Crippen LogP contribution in [0, 0.1) is 0 Å². The van der Waals surface area contributed by atoms with Crippen molar-refractivity contribution in [3.05, 3.63) is 0 Å². The van der Waals surface area contributed by atoms with E-state index in [2.05, 4.69) is 39.0 Å². The lowest BCUT2D eigenvalue weighted by molar-refractivity contribution is -0.0721.